The molecule has 0 aliphatic carbocycles. The zero-order valence-electron chi connectivity index (χ0n) is 10.2. The van der Waals surface area contributed by atoms with Gasteiger partial charge in [-0.1, -0.05) is 0 Å². The third kappa shape index (κ3) is 2.17. The van der Waals surface area contributed by atoms with Crippen molar-refractivity contribution in [1.82, 2.24) is 4.98 Å². The molecular weight excluding hydrogens is 256 g/mol. The summed E-state index contributed by atoms with van der Waals surface area (Å²) in [5.41, 5.74) is 0.272. The predicted molar refractivity (Wildman–Crippen MR) is 66.2 cm³/mol. The number of methoxy groups -OCH3 is 1. The van der Waals surface area contributed by atoms with Crippen LogP contribution in [0, 0.1) is 6.92 Å². The van der Waals surface area contributed by atoms with E-state index in [2.05, 4.69) is 9.72 Å². The summed E-state index contributed by atoms with van der Waals surface area (Å²) in [6.45, 7) is 2.43. The second kappa shape index (κ2) is 4.93. The van der Waals surface area contributed by atoms with Gasteiger partial charge in [-0.15, -0.1) is 11.3 Å². The quantitative estimate of drug-likeness (QED) is 0.834. The molecule has 6 nitrogen and oxygen atoms in total. The van der Waals surface area contributed by atoms with Crippen LogP contribution in [0.1, 0.15) is 28.2 Å². The molecule has 1 fully saturated rings. The minimum Gasteiger partial charge on any atom is -0.480 e. The molecule has 0 unspecified atom stereocenters. The molecule has 1 N–H and O–H groups in total. The standard InChI is InChI=1S/C11H14N2O4S/c1-6-8(10(16)17-2)12-11(18-6)13-5-3-4-7(13)9(14)15/h7H,3-5H2,1-2H3,(H,14,15)/t7-/m0/s1. The number of carboxylic acids is 1. The zero-order chi connectivity index (χ0) is 13.3. The van der Waals surface area contributed by atoms with E-state index in [1.54, 1.807) is 11.8 Å². The third-order valence-corrected chi connectivity index (χ3v) is 3.96. The molecule has 1 aromatic heterocycles. The normalized spacial score (nSPS) is 19.0. The Kier molecular flexibility index (Phi) is 3.51. The molecule has 0 aromatic carbocycles. The summed E-state index contributed by atoms with van der Waals surface area (Å²) in [6.07, 6.45) is 1.44. The maximum atomic E-state index is 11.5. The van der Waals surface area contributed by atoms with Crippen LogP contribution in [0.15, 0.2) is 0 Å². The molecular formula is C11H14N2O4S. The van der Waals surface area contributed by atoms with Crippen molar-refractivity contribution in [3.8, 4) is 0 Å². The number of aryl methyl sites for hydroxylation is 1. The van der Waals surface area contributed by atoms with Crippen molar-refractivity contribution in [1.29, 1.82) is 0 Å². The summed E-state index contributed by atoms with van der Waals surface area (Å²) >= 11 is 1.33. The first-order chi connectivity index (χ1) is 8.54. The Bertz CT molecular complexity index is 485. The molecule has 0 amide bonds. The number of anilines is 1. The number of aromatic nitrogens is 1. The molecule has 1 aromatic rings. The van der Waals surface area contributed by atoms with E-state index < -0.39 is 18.0 Å². The lowest BCUT2D eigenvalue weighted by Gasteiger charge is -2.19. The van der Waals surface area contributed by atoms with E-state index in [9.17, 15) is 9.59 Å². The molecule has 0 radical (unpaired) electrons. The Morgan fingerprint density at radius 3 is 2.89 bits per heavy atom. The fraction of sp³-hybridized carbons (Fsp3) is 0.545. The first-order valence-electron chi connectivity index (χ1n) is 5.59. The fourth-order valence-electron chi connectivity index (χ4n) is 2.04. The summed E-state index contributed by atoms with van der Waals surface area (Å²) in [5, 5.41) is 9.70. The van der Waals surface area contributed by atoms with Crippen LogP contribution in [0.4, 0.5) is 5.13 Å². The van der Waals surface area contributed by atoms with Crippen molar-refractivity contribution < 1.29 is 19.4 Å². The maximum Gasteiger partial charge on any atom is 0.357 e. The highest BCUT2D eigenvalue weighted by molar-refractivity contribution is 7.15. The highest BCUT2D eigenvalue weighted by atomic mass is 32.1. The zero-order valence-corrected chi connectivity index (χ0v) is 11.0. The Labute approximate surface area is 108 Å². The second-order valence-corrected chi connectivity index (χ2v) is 5.26. The number of carbonyl (C=O) groups excluding carboxylic acids is 1. The topological polar surface area (TPSA) is 79.7 Å². The van der Waals surface area contributed by atoms with E-state index in [-0.39, 0.29) is 5.69 Å². The van der Waals surface area contributed by atoms with Crippen LogP contribution in [-0.2, 0) is 9.53 Å². The van der Waals surface area contributed by atoms with Crippen LogP contribution in [-0.4, -0.2) is 41.7 Å². The Morgan fingerprint density at radius 1 is 1.56 bits per heavy atom. The lowest BCUT2D eigenvalue weighted by atomic mass is 10.2. The number of nitrogens with zero attached hydrogens (tertiary/aromatic N) is 2. The molecule has 98 valence electrons. The third-order valence-electron chi connectivity index (χ3n) is 2.95. The van der Waals surface area contributed by atoms with E-state index in [1.807, 2.05) is 0 Å². The molecule has 2 rings (SSSR count). The largest absolute Gasteiger partial charge is 0.480 e. The molecule has 1 aliphatic rings. The maximum absolute atomic E-state index is 11.5. The smallest absolute Gasteiger partial charge is 0.357 e. The van der Waals surface area contributed by atoms with Crippen LogP contribution in [0.25, 0.3) is 0 Å². The summed E-state index contributed by atoms with van der Waals surface area (Å²) in [5.74, 6) is -1.33. The van der Waals surface area contributed by atoms with Gasteiger partial charge in [0.25, 0.3) is 0 Å². The minimum atomic E-state index is -0.847. The first kappa shape index (κ1) is 12.8. The summed E-state index contributed by atoms with van der Waals surface area (Å²) in [4.78, 5) is 29.3. The second-order valence-electron chi connectivity index (χ2n) is 4.08. The molecule has 0 bridgehead atoms. The van der Waals surface area contributed by atoms with Crippen LogP contribution in [0.2, 0.25) is 0 Å². The van der Waals surface area contributed by atoms with Gasteiger partial charge in [-0.2, -0.15) is 0 Å². The van der Waals surface area contributed by atoms with Crippen molar-refractivity contribution in [2.45, 2.75) is 25.8 Å². The molecule has 1 atom stereocenters. The molecule has 7 heteroatoms. The van der Waals surface area contributed by atoms with E-state index in [1.165, 1.54) is 18.4 Å². The minimum absolute atomic E-state index is 0.272. The number of carbonyl (C=O) groups is 2. The average molecular weight is 270 g/mol. The van der Waals surface area contributed by atoms with Crippen molar-refractivity contribution in [2.24, 2.45) is 0 Å². The lowest BCUT2D eigenvalue weighted by Crippen LogP contribution is -2.35. The van der Waals surface area contributed by atoms with Gasteiger partial charge >= 0.3 is 11.9 Å². The number of ether oxygens (including phenoxy) is 1. The van der Waals surface area contributed by atoms with Crippen LogP contribution < -0.4 is 4.90 Å². The van der Waals surface area contributed by atoms with Crippen molar-refractivity contribution in [2.75, 3.05) is 18.6 Å². The number of esters is 1. The number of rotatable bonds is 3. The van der Waals surface area contributed by atoms with Crippen molar-refractivity contribution in [3.63, 3.8) is 0 Å². The van der Waals surface area contributed by atoms with Crippen molar-refractivity contribution in [3.05, 3.63) is 10.6 Å². The Morgan fingerprint density at radius 2 is 2.28 bits per heavy atom. The van der Waals surface area contributed by atoms with Gasteiger partial charge in [-0.05, 0) is 19.8 Å². The summed E-state index contributed by atoms with van der Waals surface area (Å²) < 4.78 is 4.64. The first-order valence-corrected chi connectivity index (χ1v) is 6.41. The van der Waals surface area contributed by atoms with Gasteiger partial charge in [0.1, 0.15) is 6.04 Å². The van der Waals surface area contributed by atoms with E-state index in [0.717, 1.165) is 11.3 Å². The van der Waals surface area contributed by atoms with E-state index in [0.29, 0.717) is 18.1 Å². The van der Waals surface area contributed by atoms with Crippen LogP contribution >= 0.6 is 11.3 Å². The monoisotopic (exact) mass is 270 g/mol. The SMILES string of the molecule is COC(=O)c1nc(N2CCC[C@H]2C(=O)O)sc1C. The molecule has 0 saturated carbocycles. The number of aliphatic carboxylic acids is 1. The number of hydrogen-bond donors (Lipinski definition) is 1. The summed E-state index contributed by atoms with van der Waals surface area (Å²) in [7, 11) is 1.30. The van der Waals surface area contributed by atoms with Gasteiger partial charge in [-0.3, -0.25) is 0 Å². The van der Waals surface area contributed by atoms with Gasteiger partial charge in [0.2, 0.25) is 0 Å². The molecule has 1 saturated heterocycles. The Balaban J connectivity index is 2.29. The highest BCUT2D eigenvalue weighted by Crippen LogP contribution is 2.31. The van der Waals surface area contributed by atoms with E-state index >= 15 is 0 Å². The van der Waals surface area contributed by atoms with Gasteiger partial charge < -0.3 is 14.7 Å². The Hall–Kier alpha value is -1.63. The van der Waals surface area contributed by atoms with Gasteiger partial charge in [0.15, 0.2) is 10.8 Å². The van der Waals surface area contributed by atoms with Gasteiger partial charge in [0, 0.05) is 11.4 Å². The summed E-state index contributed by atoms with van der Waals surface area (Å²) in [6, 6.07) is -0.541. The fourth-order valence-corrected chi connectivity index (χ4v) is 3.02. The average Bonchev–Trinajstić information content (AvgIpc) is 2.93. The number of thiazole rings is 1. The van der Waals surface area contributed by atoms with Gasteiger partial charge in [-0.25, -0.2) is 14.6 Å². The number of carboxylic acid groups (broad SMARTS) is 1. The molecule has 2 heterocycles. The predicted octanol–water partition coefficient (Wildman–Crippen LogP) is 1.29. The number of hydrogen-bond acceptors (Lipinski definition) is 6. The van der Waals surface area contributed by atoms with Gasteiger partial charge in [0.05, 0.1) is 7.11 Å². The lowest BCUT2D eigenvalue weighted by molar-refractivity contribution is -0.138. The highest BCUT2D eigenvalue weighted by Gasteiger charge is 2.33. The molecule has 0 spiro atoms. The van der Waals surface area contributed by atoms with Crippen molar-refractivity contribution >= 4 is 28.4 Å². The molecule has 18 heavy (non-hydrogen) atoms. The van der Waals surface area contributed by atoms with E-state index in [4.69, 9.17) is 5.11 Å². The van der Waals surface area contributed by atoms with Crippen LogP contribution in [0.3, 0.4) is 0 Å². The molecule has 1 aliphatic heterocycles. The van der Waals surface area contributed by atoms with Crippen LogP contribution in [0.5, 0.6) is 0 Å².